The van der Waals surface area contributed by atoms with E-state index in [2.05, 4.69) is 53.9 Å². The molecule has 0 saturated heterocycles. The fourth-order valence-corrected chi connectivity index (χ4v) is 4.33. The predicted octanol–water partition coefficient (Wildman–Crippen LogP) is 7.39. The summed E-state index contributed by atoms with van der Waals surface area (Å²) in [5, 5.41) is 12.9. The van der Waals surface area contributed by atoms with Crippen molar-refractivity contribution in [3.8, 4) is 17.6 Å². The topological polar surface area (TPSA) is 71.3 Å². The van der Waals surface area contributed by atoms with E-state index < -0.39 is 5.91 Å². The number of rotatable bonds is 8. The summed E-state index contributed by atoms with van der Waals surface area (Å²) in [7, 11) is 0. The zero-order valence-electron chi connectivity index (χ0n) is 20.0. The zero-order chi connectivity index (χ0) is 25.5. The number of ether oxygens (including phenoxy) is 2. The standard InChI is InChI=1S/C28H26ClIN2O3/c1-5-34-26-14-21(12-22(15-31)28(33)32-25-8-6-7-23(29)19(25)4)13-24(30)27(26)35-16-20-10-9-17(2)18(3)11-20/h6-14H,5,16H2,1-4H3,(H,32,33)/b22-12+. The molecule has 3 aromatic rings. The molecular formula is C28H26ClIN2O3. The summed E-state index contributed by atoms with van der Waals surface area (Å²) in [6, 6.07) is 17.1. The van der Waals surface area contributed by atoms with Crippen LogP contribution in [-0.4, -0.2) is 12.5 Å². The summed E-state index contributed by atoms with van der Waals surface area (Å²) in [5.41, 5.74) is 5.42. The molecule has 0 spiro atoms. The maximum Gasteiger partial charge on any atom is 0.266 e. The van der Waals surface area contributed by atoms with E-state index in [-0.39, 0.29) is 5.57 Å². The Morgan fingerprint density at radius 2 is 1.89 bits per heavy atom. The van der Waals surface area contributed by atoms with Gasteiger partial charge >= 0.3 is 0 Å². The Bertz CT molecular complexity index is 1330. The summed E-state index contributed by atoms with van der Waals surface area (Å²) in [6.07, 6.45) is 1.53. The smallest absolute Gasteiger partial charge is 0.266 e. The van der Waals surface area contributed by atoms with Gasteiger partial charge in [-0.2, -0.15) is 5.26 Å². The van der Waals surface area contributed by atoms with E-state index in [1.807, 2.05) is 25.1 Å². The van der Waals surface area contributed by atoms with Gasteiger partial charge in [-0.15, -0.1) is 0 Å². The lowest BCUT2D eigenvalue weighted by Crippen LogP contribution is -2.14. The van der Waals surface area contributed by atoms with Gasteiger partial charge in [0.25, 0.3) is 5.91 Å². The lowest BCUT2D eigenvalue weighted by atomic mass is 10.1. The SMILES string of the molecule is CCOc1cc(/C=C(\C#N)C(=O)Nc2cccc(Cl)c2C)cc(I)c1OCc1ccc(C)c(C)c1. The van der Waals surface area contributed by atoms with Crippen LogP contribution in [0.2, 0.25) is 5.02 Å². The number of carbonyl (C=O) groups excluding carboxylic acids is 1. The highest BCUT2D eigenvalue weighted by Crippen LogP contribution is 2.36. The van der Waals surface area contributed by atoms with Crippen LogP contribution in [0.1, 0.15) is 34.7 Å². The van der Waals surface area contributed by atoms with Crippen molar-refractivity contribution >= 4 is 51.9 Å². The van der Waals surface area contributed by atoms with E-state index in [1.54, 1.807) is 31.2 Å². The van der Waals surface area contributed by atoms with Gasteiger partial charge < -0.3 is 14.8 Å². The van der Waals surface area contributed by atoms with Gasteiger partial charge in [0.15, 0.2) is 11.5 Å². The van der Waals surface area contributed by atoms with E-state index in [1.165, 1.54) is 17.2 Å². The lowest BCUT2D eigenvalue weighted by molar-refractivity contribution is -0.112. The predicted molar refractivity (Wildman–Crippen MR) is 149 cm³/mol. The average Bonchev–Trinajstić information content (AvgIpc) is 2.82. The molecule has 0 aliphatic rings. The van der Waals surface area contributed by atoms with Crippen molar-refractivity contribution in [2.75, 3.05) is 11.9 Å². The van der Waals surface area contributed by atoms with Gasteiger partial charge in [0.1, 0.15) is 18.2 Å². The molecule has 0 bridgehead atoms. The Morgan fingerprint density at radius 3 is 2.57 bits per heavy atom. The summed E-state index contributed by atoms with van der Waals surface area (Å²) in [4.78, 5) is 12.8. The number of carbonyl (C=O) groups is 1. The molecule has 0 unspecified atom stereocenters. The largest absolute Gasteiger partial charge is 0.490 e. The van der Waals surface area contributed by atoms with Crippen molar-refractivity contribution in [2.24, 2.45) is 0 Å². The zero-order valence-corrected chi connectivity index (χ0v) is 23.0. The monoisotopic (exact) mass is 600 g/mol. The Balaban J connectivity index is 1.86. The van der Waals surface area contributed by atoms with Crippen LogP contribution in [0.5, 0.6) is 11.5 Å². The third kappa shape index (κ3) is 6.77. The van der Waals surface area contributed by atoms with Crippen LogP contribution in [0.15, 0.2) is 54.1 Å². The first-order chi connectivity index (χ1) is 16.7. The second-order valence-corrected chi connectivity index (χ2v) is 9.58. The van der Waals surface area contributed by atoms with Crippen LogP contribution in [-0.2, 0) is 11.4 Å². The van der Waals surface area contributed by atoms with Crippen molar-refractivity contribution in [1.82, 2.24) is 0 Å². The van der Waals surface area contributed by atoms with E-state index in [9.17, 15) is 10.1 Å². The lowest BCUT2D eigenvalue weighted by Gasteiger charge is -2.15. The molecule has 5 nitrogen and oxygen atoms in total. The van der Waals surface area contributed by atoms with Crippen LogP contribution in [0.4, 0.5) is 5.69 Å². The number of nitriles is 1. The van der Waals surface area contributed by atoms with E-state index >= 15 is 0 Å². The molecule has 0 aromatic heterocycles. The first-order valence-corrected chi connectivity index (χ1v) is 12.5. The molecule has 1 amide bonds. The van der Waals surface area contributed by atoms with E-state index in [4.69, 9.17) is 21.1 Å². The minimum absolute atomic E-state index is 0.0357. The van der Waals surface area contributed by atoms with Gasteiger partial charge in [-0.1, -0.05) is 35.9 Å². The first-order valence-electron chi connectivity index (χ1n) is 11.1. The highest BCUT2D eigenvalue weighted by molar-refractivity contribution is 14.1. The van der Waals surface area contributed by atoms with Crippen LogP contribution in [0.3, 0.4) is 0 Å². The van der Waals surface area contributed by atoms with Crippen molar-refractivity contribution < 1.29 is 14.3 Å². The average molecular weight is 601 g/mol. The number of nitrogens with one attached hydrogen (secondary N) is 1. The second kappa shape index (κ2) is 12.1. The van der Waals surface area contributed by atoms with Gasteiger partial charge in [0, 0.05) is 10.7 Å². The molecule has 0 radical (unpaired) electrons. The molecule has 3 rings (SSSR count). The minimum atomic E-state index is -0.513. The molecule has 180 valence electrons. The molecule has 0 aliphatic heterocycles. The Hall–Kier alpha value is -3.02. The van der Waals surface area contributed by atoms with Crippen LogP contribution in [0, 0.1) is 35.7 Å². The number of aryl methyl sites for hydroxylation is 2. The quantitative estimate of drug-likeness (QED) is 0.166. The normalized spacial score (nSPS) is 11.1. The number of anilines is 1. The molecule has 3 aromatic carbocycles. The summed E-state index contributed by atoms with van der Waals surface area (Å²) in [6.45, 7) is 8.70. The maximum atomic E-state index is 12.8. The molecule has 7 heteroatoms. The van der Waals surface area contributed by atoms with Crippen LogP contribution in [0.25, 0.3) is 6.08 Å². The molecule has 35 heavy (non-hydrogen) atoms. The summed E-state index contributed by atoms with van der Waals surface area (Å²) < 4.78 is 12.8. The van der Waals surface area contributed by atoms with E-state index in [0.29, 0.717) is 41.0 Å². The molecule has 0 atom stereocenters. The minimum Gasteiger partial charge on any atom is -0.490 e. The van der Waals surface area contributed by atoms with Gasteiger partial charge in [0.2, 0.25) is 0 Å². The van der Waals surface area contributed by atoms with Crippen molar-refractivity contribution in [1.29, 1.82) is 5.26 Å². The third-order valence-corrected chi connectivity index (χ3v) is 6.69. The number of amides is 1. The van der Waals surface area contributed by atoms with Crippen molar-refractivity contribution in [2.45, 2.75) is 34.3 Å². The molecular weight excluding hydrogens is 575 g/mol. The maximum absolute atomic E-state index is 12.8. The molecule has 0 heterocycles. The number of nitrogens with zero attached hydrogens (tertiary/aromatic N) is 1. The number of hydrogen-bond acceptors (Lipinski definition) is 4. The summed E-state index contributed by atoms with van der Waals surface area (Å²) >= 11 is 8.32. The number of benzene rings is 3. The van der Waals surface area contributed by atoms with Crippen LogP contribution >= 0.6 is 34.2 Å². The van der Waals surface area contributed by atoms with E-state index in [0.717, 1.165) is 14.7 Å². The number of hydrogen-bond donors (Lipinski definition) is 1. The molecule has 0 saturated carbocycles. The Morgan fingerprint density at radius 1 is 1.11 bits per heavy atom. The molecule has 0 aliphatic carbocycles. The van der Waals surface area contributed by atoms with Crippen molar-refractivity contribution in [3.05, 3.63) is 90.5 Å². The Kier molecular flexibility index (Phi) is 9.19. The highest BCUT2D eigenvalue weighted by atomic mass is 127. The van der Waals surface area contributed by atoms with Gasteiger partial charge in [0.05, 0.1) is 10.2 Å². The fraction of sp³-hybridized carbons (Fsp3) is 0.214. The fourth-order valence-electron chi connectivity index (χ4n) is 3.37. The van der Waals surface area contributed by atoms with Crippen LogP contribution < -0.4 is 14.8 Å². The van der Waals surface area contributed by atoms with Crippen molar-refractivity contribution in [3.63, 3.8) is 0 Å². The second-order valence-electron chi connectivity index (χ2n) is 8.01. The third-order valence-electron chi connectivity index (χ3n) is 5.48. The highest BCUT2D eigenvalue weighted by Gasteiger charge is 2.16. The van der Waals surface area contributed by atoms with Gasteiger partial charge in [-0.05, 0) is 108 Å². The summed E-state index contributed by atoms with van der Waals surface area (Å²) in [5.74, 6) is 0.666. The number of halogens is 2. The molecule has 1 N–H and O–H groups in total. The van der Waals surface area contributed by atoms with Gasteiger partial charge in [-0.25, -0.2) is 0 Å². The first kappa shape index (κ1) is 26.6. The Labute approximate surface area is 224 Å². The molecule has 0 fully saturated rings. The van der Waals surface area contributed by atoms with Gasteiger partial charge in [-0.3, -0.25) is 4.79 Å².